The average Bonchev–Trinajstić information content (AvgIpc) is 2.03. The second-order valence-electron chi connectivity index (χ2n) is 2.14. The summed E-state index contributed by atoms with van der Waals surface area (Å²) < 4.78 is 0. The Morgan fingerprint density at radius 2 is 1.55 bits per heavy atom. The summed E-state index contributed by atoms with van der Waals surface area (Å²) >= 11 is 0. The maximum atomic E-state index is 10.1. The molecule has 1 amide bonds. The lowest BCUT2D eigenvalue weighted by molar-refractivity contribution is -0.136. The Morgan fingerprint density at radius 3 is 1.55 bits per heavy atom. The van der Waals surface area contributed by atoms with Gasteiger partial charge in [-0.05, 0) is 0 Å². The molecule has 0 aliphatic heterocycles. The predicted octanol–water partition coefficient (Wildman–Crippen LogP) is 1.13. The normalized spacial score (nSPS) is 7.64. The van der Waals surface area contributed by atoms with E-state index in [4.69, 9.17) is 0 Å². The van der Waals surface area contributed by atoms with Crippen molar-refractivity contribution in [3.05, 3.63) is 0 Å². The summed E-state index contributed by atoms with van der Waals surface area (Å²) in [6.07, 6.45) is 2.64. The Bertz CT molecular complexity index is 119. The minimum atomic E-state index is -0.542. The van der Waals surface area contributed by atoms with Gasteiger partial charge in [0.2, 0.25) is 5.78 Å². The topological polar surface area (TPSA) is 46.2 Å². The van der Waals surface area contributed by atoms with Crippen molar-refractivity contribution in [3.8, 4) is 0 Å². The highest BCUT2D eigenvalue weighted by molar-refractivity contribution is 6.35. The summed E-state index contributed by atoms with van der Waals surface area (Å²) in [4.78, 5) is 20.0. The molecule has 0 unspecified atom stereocenters. The van der Waals surface area contributed by atoms with Crippen LogP contribution in [0.15, 0.2) is 0 Å². The van der Waals surface area contributed by atoms with E-state index < -0.39 is 11.7 Å². The Balaban J connectivity index is 0. The molecule has 0 atom stereocenters. The molecule has 0 aromatic carbocycles. The zero-order valence-corrected chi connectivity index (χ0v) is 7.73. The molecule has 11 heavy (non-hydrogen) atoms. The van der Waals surface area contributed by atoms with Gasteiger partial charge in [0.25, 0.3) is 5.91 Å². The van der Waals surface area contributed by atoms with E-state index in [2.05, 4.69) is 19.2 Å². The van der Waals surface area contributed by atoms with Gasteiger partial charge in [-0.15, -0.1) is 0 Å². The van der Waals surface area contributed by atoms with Gasteiger partial charge in [0.15, 0.2) is 0 Å². The highest BCUT2D eigenvalue weighted by atomic mass is 16.2. The maximum Gasteiger partial charge on any atom is 0.286 e. The molecule has 0 spiro atoms. The lowest BCUT2D eigenvalue weighted by atomic mass is 10.4. The number of carbonyl (C=O) groups is 2. The summed E-state index contributed by atoms with van der Waals surface area (Å²) in [6.45, 7) is 5.58. The minimum absolute atomic E-state index is 0.456. The van der Waals surface area contributed by atoms with Gasteiger partial charge in [-0.25, -0.2) is 0 Å². The third-order valence-electron chi connectivity index (χ3n) is 1.05. The highest BCUT2D eigenvalue weighted by Crippen LogP contribution is 1.76. The van der Waals surface area contributed by atoms with Crippen LogP contribution in [0.4, 0.5) is 0 Å². The van der Waals surface area contributed by atoms with Crippen molar-refractivity contribution in [1.82, 2.24) is 5.32 Å². The maximum absolute atomic E-state index is 10.1. The van der Waals surface area contributed by atoms with Gasteiger partial charge < -0.3 is 5.32 Å². The van der Waals surface area contributed by atoms with E-state index in [9.17, 15) is 9.59 Å². The fraction of sp³-hybridized carbons (Fsp3) is 0.750. The van der Waals surface area contributed by atoms with Crippen LogP contribution < -0.4 is 5.32 Å². The molecule has 0 saturated heterocycles. The van der Waals surface area contributed by atoms with Gasteiger partial charge in [0, 0.05) is 14.0 Å². The fourth-order valence-corrected chi connectivity index (χ4v) is 0.176. The highest BCUT2D eigenvalue weighted by Gasteiger charge is 2.00. The lowest BCUT2D eigenvalue weighted by Crippen LogP contribution is -2.24. The minimum Gasteiger partial charge on any atom is -0.353 e. The molecule has 1 N–H and O–H groups in total. The first-order chi connectivity index (χ1) is 5.09. The van der Waals surface area contributed by atoms with E-state index in [-0.39, 0.29) is 0 Å². The number of likely N-dealkylation sites (N-methyl/N-ethyl adjacent to an activating group) is 1. The van der Waals surface area contributed by atoms with Crippen molar-refractivity contribution in [2.24, 2.45) is 0 Å². The predicted molar refractivity (Wildman–Crippen MR) is 45.3 cm³/mol. The smallest absolute Gasteiger partial charge is 0.286 e. The van der Waals surface area contributed by atoms with Crippen molar-refractivity contribution in [2.75, 3.05) is 7.05 Å². The molecule has 0 bridgehead atoms. The van der Waals surface area contributed by atoms with Crippen LogP contribution >= 0.6 is 0 Å². The van der Waals surface area contributed by atoms with Crippen LogP contribution in [0.1, 0.15) is 33.6 Å². The molecule has 0 aromatic heterocycles. The average molecular weight is 159 g/mol. The number of rotatable bonds is 2. The van der Waals surface area contributed by atoms with Crippen LogP contribution in [-0.4, -0.2) is 18.7 Å². The molecule has 0 aromatic rings. The molecule has 0 saturated carbocycles. The first kappa shape index (κ1) is 12.8. The Morgan fingerprint density at radius 1 is 1.18 bits per heavy atom. The fourth-order valence-electron chi connectivity index (χ4n) is 0.176. The summed E-state index contributed by atoms with van der Waals surface area (Å²) in [7, 11) is 1.42. The molecule has 0 aliphatic rings. The SMILES string of the molecule is CCCC.CNC(=O)C(C)=O. The van der Waals surface area contributed by atoms with Gasteiger partial charge in [0.05, 0.1) is 0 Å². The van der Waals surface area contributed by atoms with E-state index in [0.29, 0.717) is 0 Å². The lowest BCUT2D eigenvalue weighted by Gasteiger charge is -1.86. The van der Waals surface area contributed by atoms with Crippen molar-refractivity contribution in [3.63, 3.8) is 0 Å². The number of hydrogen-bond acceptors (Lipinski definition) is 2. The van der Waals surface area contributed by atoms with Crippen molar-refractivity contribution < 1.29 is 9.59 Å². The van der Waals surface area contributed by atoms with Crippen molar-refractivity contribution >= 4 is 11.7 Å². The van der Waals surface area contributed by atoms with Gasteiger partial charge in [-0.2, -0.15) is 0 Å². The standard InChI is InChI=1S/C4H7NO2.C4H10/c1-3(6)4(7)5-2;1-3-4-2/h1-2H3,(H,5,7);3-4H2,1-2H3. The van der Waals surface area contributed by atoms with Gasteiger partial charge >= 0.3 is 0 Å². The summed E-state index contributed by atoms with van der Waals surface area (Å²) in [6, 6.07) is 0. The Labute approximate surface area is 68.2 Å². The molecular weight excluding hydrogens is 142 g/mol. The van der Waals surface area contributed by atoms with Crippen LogP contribution in [0.5, 0.6) is 0 Å². The summed E-state index contributed by atoms with van der Waals surface area (Å²) in [5, 5.41) is 2.18. The van der Waals surface area contributed by atoms with Gasteiger partial charge in [-0.1, -0.05) is 26.7 Å². The molecule has 3 heteroatoms. The number of ketones is 1. The first-order valence-electron chi connectivity index (χ1n) is 3.82. The third-order valence-corrected chi connectivity index (χ3v) is 1.05. The number of hydrogen-bond donors (Lipinski definition) is 1. The molecule has 66 valence electrons. The molecule has 0 fully saturated rings. The van der Waals surface area contributed by atoms with Crippen LogP contribution in [0.25, 0.3) is 0 Å². The second kappa shape index (κ2) is 9.14. The number of unbranched alkanes of at least 4 members (excludes halogenated alkanes) is 1. The van der Waals surface area contributed by atoms with Gasteiger partial charge in [-0.3, -0.25) is 9.59 Å². The summed E-state index contributed by atoms with van der Waals surface area (Å²) in [5.74, 6) is -0.998. The first-order valence-corrected chi connectivity index (χ1v) is 3.82. The number of carbonyl (C=O) groups excluding carboxylic acids is 2. The number of nitrogens with one attached hydrogen (secondary N) is 1. The van der Waals surface area contributed by atoms with Crippen LogP contribution in [0.2, 0.25) is 0 Å². The van der Waals surface area contributed by atoms with Crippen molar-refractivity contribution in [2.45, 2.75) is 33.6 Å². The second-order valence-corrected chi connectivity index (χ2v) is 2.14. The molecule has 3 nitrogen and oxygen atoms in total. The molecular formula is C8H17NO2. The van der Waals surface area contributed by atoms with Crippen molar-refractivity contribution in [1.29, 1.82) is 0 Å². The van der Waals surface area contributed by atoms with E-state index in [1.165, 1.54) is 26.8 Å². The zero-order valence-electron chi connectivity index (χ0n) is 7.73. The summed E-state index contributed by atoms with van der Waals surface area (Å²) in [5.41, 5.74) is 0. The van der Waals surface area contributed by atoms with Crippen LogP contribution in [0.3, 0.4) is 0 Å². The van der Waals surface area contributed by atoms with E-state index >= 15 is 0 Å². The Kier molecular flexibility index (Phi) is 10.6. The van der Waals surface area contributed by atoms with E-state index in [1.54, 1.807) is 0 Å². The number of amides is 1. The van der Waals surface area contributed by atoms with Gasteiger partial charge in [0.1, 0.15) is 0 Å². The molecule has 0 aliphatic carbocycles. The largest absolute Gasteiger partial charge is 0.353 e. The zero-order chi connectivity index (χ0) is 9.28. The Hall–Kier alpha value is -0.860. The monoisotopic (exact) mass is 159 g/mol. The molecule has 0 radical (unpaired) electrons. The van der Waals surface area contributed by atoms with Crippen LogP contribution in [-0.2, 0) is 9.59 Å². The molecule has 0 rings (SSSR count). The van der Waals surface area contributed by atoms with Crippen LogP contribution in [0, 0.1) is 0 Å². The van der Waals surface area contributed by atoms with E-state index in [0.717, 1.165) is 0 Å². The van der Waals surface area contributed by atoms with E-state index in [1.807, 2.05) is 0 Å². The number of Topliss-reactive ketones (excluding diaryl/α,β-unsaturated/α-hetero) is 1. The third kappa shape index (κ3) is 12.4. The quantitative estimate of drug-likeness (QED) is 0.614. The molecule has 0 heterocycles.